The van der Waals surface area contributed by atoms with E-state index in [0.717, 1.165) is 12.0 Å². The summed E-state index contributed by atoms with van der Waals surface area (Å²) in [7, 11) is 1.59. The predicted octanol–water partition coefficient (Wildman–Crippen LogP) is 2.67. The average molecular weight is 318 g/mol. The van der Waals surface area contributed by atoms with E-state index in [1.54, 1.807) is 26.2 Å². The van der Waals surface area contributed by atoms with Crippen molar-refractivity contribution in [2.24, 2.45) is 0 Å². The summed E-state index contributed by atoms with van der Waals surface area (Å²) < 4.78 is 10.3. The van der Waals surface area contributed by atoms with E-state index in [-0.39, 0.29) is 12.6 Å². The van der Waals surface area contributed by atoms with Crippen LogP contribution in [0.2, 0.25) is 0 Å². The highest BCUT2D eigenvalue weighted by atomic mass is 16.5. The molecule has 0 saturated carbocycles. The molecule has 0 spiro atoms. The van der Waals surface area contributed by atoms with Crippen molar-refractivity contribution in [1.82, 2.24) is 10.6 Å². The number of allylic oxidation sites excluding steroid dienone is 1. The zero-order valence-electron chi connectivity index (χ0n) is 13.6. The Kier molecular flexibility index (Phi) is 5.62. The minimum Gasteiger partial charge on any atom is -0.497 e. The van der Waals surface area contributed by atoms with Gasteiger partial charge in [-0.2, -0.15) is 0 Å². The highest BCUT2D eigenvalue weighted by molar-refractivity contribution is 5.95. The molecule has 1 aliphatic heterocycles. The van der Waals surface area contributed by atoms with Gasteiger partial charge in [-0.3, -0.25) is 0 Å². The van der Waals surface area contributed by atoms with E-state index >= 15 is 0 Å². The Morgan fingerprint density at radius 3 is 2.48 bits per heavy atom. The molecule has 1 heterocycles. The second-order valence-corrected chi connectivity index (χ2v) is 5.17. The first-order valence-corrected chi connectivity index (χ1v) is 7.72. The summed E-state index contributed by atoms with van der Waals surface area (Å²) in [6, 6.07) is 6.41. The van der Waals surface area contributed by atoms with Crippen molar-refractivity contribution in [2.75, 3.05) is 13.7 Å². The molecule has 2 amide bonds. The first-order valence-electron chi connectivity index (χ1n) is 7.72. The van der Waals surface area contributed by atoms with Crippen molar-refractivity contribution in [2.45, 2.75) is 32.7 Å². The summed E-state index contributed by atoms with van der Waals surface area (Å²) in [5.74, 6) is 0.300. The fraction of sp³-hybridized carbons (Fsp3) is 0.412. The molecule has 0 fully saturated rings. The smallest absolute Gasteiger partial charge is 0.338 e. The van der Waals surface area contributed by atoms with Crippen LogP contribution in [0.1, 0.15) is 38.3 Å². The van der Waals surface area contributed by atoms with Crippen LogP contribution in [0, 0.1) is 0 Å². The zero-order chi connectivity index (χ0) is 16.8. The molecule has 1 atom stereocenters. The van der Waals surface area contributed by atoms with Gasteiger partial charge in [0.15, 0.2) is 0 Å². The highest BCUT2D eigenvalue weighted by Crippen LogP contribution is 2.30. The normalized spacial score (nSPS) is 17.3. The van der Waals surface area contributed by atoms with Crippen LogP contribution in [0.25, 0.3) is 0 Å². The predicted molar refractivity (Wildman–Crippen MR) is 86.0 cm³/mol. The minimum atomic E-state index is -0.532. The topological polar surface area (TPSA) is 76.7 Å². The molecule has 0 aromatic heterocycles. The lowest BCUT2D eigenvalue weighted by Gasteiger charge is -2.29. The van der Waals surface area contributed by atoms with Crippen molar-refractivity contribution in [3.05, 3.63) is 41.1 Å². The lowest BCUT2D eigenvalue weighted by Crippen LogP contribution is -2.46. The third kappa shape index (κ3) is 3.83. The molecule has 1 aromatic carbocycles. The molecule has 23 heavy (non-hydrogen) atoms. The van der Waals surface area contributed by atoms with Crippen molar-refractivity contribution in [3.63, 3.8) is 0 Å². The molecule has 124 valence electrons. The number of benzene rings is 1. The third-order valence-corrected chi connectivity index (χ3v) is 3.60. The molecule has 1 unspecified atom stereocenters. The minimum absolute atomic E-state index is 0.283. The third-order valence-electron chi connectivity index (χ3n) is 3.60. The number of nitrogens with one attached hydrogen (secondary N) is 2. The van der Waals surface area contributed by atoms with E-state index in [1.165, 1.54) is 0 Å². The van der Waals surface area contributed by atoms with E-state index in [9.17, 15) is 9.59 Å². The number of amides is 2. The van der Waals surface area contributed by atoms with E-state index in [0.29, 0.717) is 23.4 Å². The van der Waals surface area contributed by atoms with Gasteiger partial charge in [0.2, 0.25) is 0 Å². The van der Waals surface area contributed by atoms with Crippen LogP contribution < -0.4 is 15.4 Å². The van der Waals surface area contributed by atoms with Gasteiger partial charge in [-0.05, 0) is 31.0 Å². The summed E-state index contributed by atoms with van der Waals surface area (Å²) >= 11 is 0. The molecule has 1 aromatic rings. The van der Waals surface area contributed by atoms with Gasteiger partial charge in [0.1, 0.15) is 5.75 Å². The fourth-order valence-electron chi connectivity index (χ4n) is 2.56. The first kappa shape index (κ1) is 16.9. The molecule has 0 radical (unpaired) electrons. The van der Waals surface area contributed by atoms with Crippen LogP contribution in [-0.2, 0) is 9.53 Å². The Morgan fingerprint density at radius 2 is 1.91 bits per heavy atom. The van der Waals surface area contributed by atoms with Crippen LogP contribution in [0.5, 0.6) is 5.75 Å². The standard InChI is InChI=1S/C17H22N2O4/c1-4-6-13-14(16(20)23-5-2)15(19-17(21)18-13)11-7-9-12(22-3)10-8-11/h7-10,15H,4-6H2,1-3H3,(H2,18,19,21). The van der Waals surface area contributed by atoms with Gasteiger partial charge >= 0.3 is 12.0 Å². The van der Waals surface area contributed by atoms with Crippen LogP contribution >= 0.6 is 0 Å². The Labute approximate surface area is 135 Å². The van der Waals surface area contributed by atoms with Crippen molar-refractivity contribution in [3.8, 4) is 5.75 Å². The van der Waals surface area contributed by atoms with E-state index in [2.05, 4.69) is 10.6 Å². The van der Waals surface area contributed by atoms with Gasteiger partial charge in [0.25, 0.3) is 0 Å². The second-order valence-electron chi connectivity index (χ2n) is 5.17. The van der Waals surface area contributed by atoms with E-state index in [4.69, 9.17) is 9.47 Å². The second kappa shape index (κ2) is 7.67. The summed E-state index contributed by atoms with van der Waals surface area (Å²) in [5, 5.41) is 5.53. The number of carbonyl (C=O) groups excluding carboxylic acids is 2. The highest BCUT2D eigenvalue weighted by Gasteiger charge is 2.33. The maximum absolute atomic E-state index is 12.4. The number of urea groups is 1. The van der Waals surface area contributed by atoms with Gasteiger partial charge in [0, 0.05) is 5.70 Å². The number of carbonyl (C=O) groups is 2. The fourth-order valence-corrected chi connectivity index (χ4v) is 2.56. The number of methoxy groups -OCH3 is 1. The molecule has 0 aliphatic carbocycles. The monoisotopic (exact) mass is 318 g/mol. The first-order chi connectivity index (χ1) is 11.1. The zero-order valence-corrected chi connectivity index (χ0v) is 13.6. The van der Waals surface area contributed by atoms with Gasteiger partial charge in [-0.1, -0.05) is 25.5 Å². The molecular formula is C17H22N2O4. The van der Waals surface area contributed by atoms with E-state index < -0.39 is 12.0 Å². The van der Waals surface area contributed by atoms with Crippen LogP contribution in [0.4, 0.5) is 4.79 Å². The molecule has 1 aliphatic rings. The Morgan fingerprint density at radius 1 is 1.22 bits per heavy atom. The van der Waals surface area contributed by atoms with Gasteiger partial charge in [0.05, 0.1) is 25.3 Å². The molecule has 2 N–H and O–H groups in total. The Balaban J connectivity index is 2.45. The van der Waals surface area contributed by atoms with Gasteiger partial charge in [-0.15, -0.1) is 0 Å². The molecule has 6 nitrogen and oxygen atoms in total. The number of hydrogen-bond donors (Lipinski definition) is 2. The maximum atomic E-state index is 12.4. The SMILES string of the molecule is CCCC1=C(C(=O)OCC)C(c2ccc(OC)cc2)NC(=O)N1. The number of rotatable bonds is 6. The molecule has 6 heteroatoms. The lowest BCUT2D eigenvalue weighted by atomic mass is 9.94. The lowest BCUT2D eigenvalue weighted by molar-refractivity contribution is -0.139. The number of hydrogen-bond acceptors (Lipinski definition) is 4. The van der Waals surface area contributed by atoms with Crippen molar-refractivity contribution < 1.29 is 19.1 Å². The quantitative estimate of drug-likeness (QED) is 0.791. The summed E-state index contributed by atoms with van der Waals surface area (Å²) in [6.07, 6.45) is 1.42. The van der Waals surface area contributed by atoms with Crippen LogP contribution in [0.15, 0.2) is 35.5 Å². The number of ether oxygens (including phenoxy) is 2. The van der Waals surface area contributed by atoms with Gasteiger partial charge < -0.3 is 20.1 Å². The van der Waals surface area contributed by atoms with Crippen LogP contribution in [-0.4, -0.2) is 25.7 Å². The van der Waals surface area contributed by atoms with Crippen molar-refractivity contribution >= 4 is 12.0 Å². The summed E-state index contributed by atoms with van der Waals surface area (Å²) in [5.41, 5.74) is 1.88. The maximum Gasteiger partial charge on any atom is 0.338 e. The Bertz CT molecular complexity index is 608. The average Bonchev–Trinajstić information content (AvgIpc) is 2.55. The molecular weight excluding hydrogens is 296 g/mol. The Hall–Kier alpha value is -2.50. The van der Waals surface area contributed by atoms with Crippen LogP contribution in [0.3, 0.4) is 0 Å². The largest absolute Gasteiger partial charge is 0.497 e. The van der Waals surface area contributed by atoms with E-state index in [1.807, 2.05) is 19.1 Å². The van der Waals surface area contributed by atoms with Crippen molar-refractivity contribution in [1.29, 1.82) is 0 Å². The summed E-state index contributed by atoms with van der Waals surface area (Å²) in [4.78, 5) is 24.3. The number of esters is 1. The molecule has 0 bridgehead atoms. The molecule has 0 saturated heterocycles. The van der Waals surface area contributed by atoms with Gasteiger partial charge in [-0.25, -0.2) is 9.59 Å². The molecule has 2 rings (SSSR count). The summed E-state index contributed by atoms with van der Waals surface area (Å²) in [6.45, 7) is 4.03.